The third-order valence-corrected chi connectivity index (χ3v) is 5.20. The highest BCUT2D eigenvalue weighted by Gasteiger charge is 2.32. The molecule has 2 heterocycles. The van der Waals surface area contributed by atoms with Crippen molar-refractivity contribution in [2.24, 2.45) is 0 Å². The molecule has 1 aromatic heterocycles. The molecular weight excluding hydrogens is 242 g/mol. The van der Waals surface area contributed by atoms with Crippen LogP contribution in [0.1, 0.15) is 55.8 Å². The van der Waals surface area contributed by atoms with Gasteiger partial charge in [-0.2, -0.15) is 0 Å². The second-order valence-corrected chi connectivity index (χ2v) is 7.00. The zero-order valence-corrected chi connectivity index (χ0v) is 12.8. The zero-order valence-electron chi connectivity index (χ0n) is 12.0. The first-order valence-corrected chi connectivity index (χ1v) is 7.80. The summed E-state index contributed by atoms with van der Waals surface area (Å²) in [7, 11) is 0. The smallest absolute Gasteiger partial charge is 0.0666 e. The molecule has 2 rings (SSSR count). The van der Waals surface area contributed by atoms with Gasteiger partial charge in [-0.25, -0.2) is 0 Å². The number of aryl methyl sites for hydroxylation is 1. The van der Waals surface area contributed by atoms with Crippen LogP contribution in [0.4, 0.5) is 0 Å². The predicted molar refractivity (Wildman–Crippen MR) is 78.3 cm³/mol. The summed E-state index contributed by atoms with van der Waals surface area (Å²) in [4.78, 5) is 2.83. The number of hydrogen-bond donors (Lipinski definition) is 1. The van der Waals surface area contributed by atoms with Gasteiger partial charge >= 0.3 is 0 Å². The Morgan fingerprint density at radius 2 is 2.33 bits per heavy atom. The van der Waals surface area contributed by atoms with Gasteiger partial charge in [-0.3, -0.25) is 0 Å². The van der Waals surface area contributed by atoms with Crippen LogP contribution in [0.3, 0.4) is 0 Å². The van der Waals surface area contributed by atoms with E-state index in [9.17, 15) is 0 Å². The fraction of sp³-hybridized carbons (Fsp3) is 0.733. The first kappa shape index (κ1) is 14.0. The molecular formula is C15H25NOS. The van der Waals surface area contributed by atoms with Gasteiger partial charge in [0.1, 0.15) is 0 Å². The number of hydrogen-bond acceptors (Lipinski definition) is 3. The lowest BCUT2D eigenvalue weighted by molar-refractivity contribution is -0.0789. The van der Waals surface area contributed by atoms with E-state index >= 15 is 0 Å². The molecule has 2 nitrogen and oxygen atoms in total. The minimum Gasteiger partial charge on any atom is -0.375 e. The molecule has 102 valence electrons. The van der Waals surface area contributed by atoms with Crippen LogP contribution in [0.15, 0.2) is 12.1 Å². The lowest BCUT2D eigenvalue weighted by Gasteiger charge is -2.39. The van der Waals surface area contributed by atoms with Gasteiger partial charge in [0.15, 0.2) is 0 Å². The van der Waals surface area contributed by atoms with E-state index in [0.29, 0.717) is 12.1 Å². The van der Waals surface area contributed by atoms with Crippen molar-refractivity contribution in [1.82, 2.24) is 5.32 Å². The Morgan fingerprint density at radius 3 is 2.94 bits per heavy atom. The Hall–Kier alpha value is -0.380. The van der Waals surface area contributed by atoms with Gasteiger partial charge in [0, 0.05) is 28.4 Å². The van der Waals surface area contributed by atoms with Crippen molar-refractivity contribution in [2.75, 3.05) is 6.61 Å². The van der Waals surface area contributed by atoms with Crippen LogP contribution in [-0.4, -0.2) is 18.2 Å². The monoisotopic (exact) mass is 267 g/mol. The van der Waals surface area contributed by atoms with E-state index < -0.39 is 0 Å². The summed E-state index contributed by atoms with van der Waals surface area (Å²) in [6, 6.07) is 5.49. The van der Waals surface area contributed by atoms with Crippen LogP contribution >= 0.6 is 11.3 Å². The van der Waals surface area contributed by atoms with E-state index in [-0.39, 0.29) is 5.60 Å². The van der Waals surface area contributed by atoms with Crippen molar-refractivity contribution in [1.29, 1.82) is 0 Å². The third-order valence-electron chi connectivity index (χ3n) is 4.02. The Balaban J connectivity index is 1.93. The summed E-state index contributed by atoms with van der Waals surface area (Å²) in [5.74, 6) is 0. The summed E-state index contributed by atoms with van der Waals surface area (Å²) in [5, 5.41) is 3.77. The maximum Gasteiger partial charge on any atom is 0.0666 e. The fourth-order valence-corrected chi connectivity index (χ4v) is 3.53. The third kappa shape index (κ3) is 3.34. The van der Waals surface area contributed by atoms with Crippen LogP contribution in [0.25, 0.3) is 0 Å². The average molecular weight is 267 g/mol. The van der Waals surface area contributed by atoms with Crippen molar-refractivity contribution >= 4 is 11.3 Å². The molecule has 3 heteroatoms. The van der Waals surface area contributed by atoms with Crippen LogP contribution in [0.5, 0.6) is 0 Å². The van der Waals surface area contributed by atoms with E-state index in [1.54, 1.807) is 0 Å². The van der Waals surface area contributed by atoms with Crippen LogP contribution < -0.4 is 5.32 Å². The lowest BCUT2D eigenvalue weighted by Crippen LogP contribution is -2.45. The second-order valence-electron chi connectivity index (χ2n) is 5.68. The summed E-state index contributed by atoms with van der Waals surface area (Å²) >= 11 is 1.90. The van der Waals surface area contributed by atoms with Crippen LogP contribution in [0, 0.1) is 6.92 Å². The first-order chi connectivity index (χ1) is 8.52. The molecule has 0 aliphatic carbocycles. The summed E-state index contributed by atoms with van der Waals surface area (Å²) < 4.78 is 5.90. The molecule has 0 aromatic carbocycles. The van der Waals surface area contributed by atoms with Gasteiger partial charge in [-0.05, 0) is 52.2 Å². The number of nitrogens with one attached hydrogen (secondary N) is 1. The second kappa shape index (κ2) is 5.72. The molecule has 1 aliphatic heterocycles. The van der Waals surface area contributed by atoms with Crippen molar-refractivity contribution in [3.05, 3.63) is 21.9 Å². The van der Waals surface area contributed by atoms with Crippen LogP contribution in [-0.2, 0) is 4.74 Å². The Morgan fingerprint density at radius 1 is 1.56 bits per heavy atom. The molecule has 0 bridgehead atoms. The number of thiophene rings is 1. The highest BCUT2D eigenvalue weighted by molar-refractivity contribution is 7.12. The molecule has 1 aliphatic rings. The molecule has 3 atom stereocenters. The Kier molecular flexibility index (Phi) is 4.46. The minimum absolute atomic E-state index is 0.0704. The van der Waals surface area contributed by atoms with E-state index in [0.717, 1.165) is 25.9 Å². The summed E-state index contributed by atoms with van der Waals surface area (Å²) in [6.07, 6.45) is 3.35. The summed E-state index contributed by atoms with van der Waals surface area (Å²) in [5.41, 5.74) is 0.0704. The molecule has 1 N–H and O–H groups in total. The number of ether oxygens (including phenoxy) is 1. The molecule has 0 radical (unpaired) electrons. The first-order valence-electron chi connectivity index (χ1n) is 6.99. The minimum atomic E-state index is 0.0704. The normalized spacial score (nSPS) is 30.3. The fourth-order valence-electron chi connectivity index (χ4n) is 2.64. The van der Waals surface area contributed by atoms with Crippen molar-refractivity contribution < 1.29 is 4.74 Å². The van der Waals surface area contributed by atoms with E-state index in [2.05, 4.69) is 45.1 Å². The topological polar surface area (TPSA) is 21.3 Å². The van der Waals surface area contributed by atoms with Crippen LogP contribution in [0.2, 0.25) is 0 Å². The molecule has 1 aromatic rings. The molecule has 18 heavy (non-hydrogen) atoms. The SMILES string of the molecule is CCC1(C)CC(NC(C)c2ccc(C)s2)CCO1. The van der Waals surface area contributed by atoms with E-state index in [4.69, 9.17) is 4.74 Å². The van der Waals surface area contributed by atoms with E-state index in [1.807, 2.05) is 11.3 Å². The largest absolute Gasteiger partial charge is 0.375 e. The van der Waals surface area contributed by atoms with Gasteiger partial charge in [-0.15, -0.1) is 11.3 Å². The van der Waals surface area contributed by atoms with E-state index in [1.165, 1.54) is 9.75 Å². The standard InChI is InChI=1S/C15H25NOS/c1-5-15(4)10-13(8-9-17-15)16-12(3)14-7-6-11(2)18-14/h6-7,12-13,16H,5,8-10H2,1-4H3. The molecule has 0 saturated carbocycles. The van der Waals surface area contributed by atoms with Gasteiger partial charge in [0.2, 0.25) is 0 Å². The summed E-state index contributed by atoms with van der Waals surface area (Å²) in [6.45, 7) is 9.78. The van der Waals surface area contributed by atoms with Crippen molar-refractivity contribution in [3.63, 3.8) is 0 Å². The highest BCUT2D eigenvalue weighted by Crippen LogP contribution is 2.30. The number of rotatable bonds is 4. The molecule has 0 spiro atoms. The average Bonchev–Trinajstić information content (AvgIpc) is 2.76. The molecule has 0 amide bonds. The van der Waals surface area contributed by atoms with Gasteiger partial charge in [0.25, 0.3) is 0 Å². The van der Waals surface area contributed by atoms with Crippen molar-refractivity contribution in [2.45, 2.75) is 64.6 Å². The molecule has 3 unspecified atom stereocenters. The molecule has 1 saturated heterocycles. The Labute approximate surface area is 115 Å². The van der Waals surface area contributed by atoms with Crippen molar-refractivity contribution in [3.8, 4) is 0 Å². The maximum atomic E-state index is 5.90. The predicted octanol–water partition coefficient (Wildman–Crippen LogP) is 4.05. The molecule has 1 fully saturated rings. The quantitative estimate of drug-likeness (QED) is 0.888. The highest BCUT2D eigenvalue weighted by atomic mass is 32.1. The lowest BCUT2D eigenvalue weighted by atomic mass is 9.89. The maximum absolute atomic E-state index is 5.90. The Bertz CT molecular complexity index is 390. The van der Waals surface area contributed by atoms with Gasteiger partial charge in [-0.1, -0.05) is 6.92 Å². The zero-order chi connectivity index (χ0) is 13.2. The van der Waals surface area contributed by atoms with Gasteiger partial charge in [0.05, 0.1) is 5.60 Å². The van der Waals surface area contributed by atoms with Gasteiger partial charge < -0.3 is 10.1 Å².